The molecule has 1 fully saturated rings. The van der Waals surface area contributed by atoms with E-state index in [0.717, 1.165) is 19.5 Å². The lowest BCUT2D eigenvalue weighted by Gasteiger charge is -2.22. The normalized spacial score (nSPS) is 19.0. The van der Waals surface area contributed by atoms with E-state index in [2.05, 4.69) is 21.9 Å². The van der Waals surface area contributed by atoms with Crippen molar-refractivity contribution in [2.24, 2.45) is 0 Å². The lowest BCUT2D eigenvalue weighted by Crippen LogP contribution is -2.40. The Balaban J connectivity index is 1.95. The van der Waals surface area contributed by atoms with Crippen molar-refractivity contribution in [2.45, 2.75) is 37.6 Å². The van der Waals surface area contributed by atoms with Crippen LogP contribution in [0.5, 0.6) is 0 Å². The Hall–Kier alpha value is -1.44. The monoisotopic (exact) mass is 339 g/mol. The fraction of sp³-hybridized carbons (Fsp3) is 0.562. The molecule has 1 saturated heterocycles. The zero-order valence-electron chi connectivity index (χ0n) is 13.7. The first-order valence-corrected chi connectivity index (χ1v) is 9.58. The van der Waals surface area contributed by atoms with E-state index in [1.165, 1.54) is 18.6 Å². The summed E-state index contributed by atoms with van der Waals surface area (Å²) in [5.41, 5.74) is 0.474. The lowest BCUT2D eigenvalue weighted by molar-refractivity contribution is 0.0941. The van der Waals surface area contributed by atoms with E-state index in [0.29, 0.717) is 24.7 Å². The summed E-state index contributed by atoms with van der Waals surface area (Å²) >= 11 is 0. The molecule has 0 spiro atoms. The molecule has 1 aromatic carbocycles. The highest BCUT2D eigenvalue weighted by molar-refractivity contribution is 7.89. The van der Waals surface area contributed by atoms with Crippen LogP contribution >= 0.6 is 0 Å². The number of carbonyl (C=O) groups is 1. The van der Waals surface area contributed by atoms with Gasteiger partial charge in [-0.3, -0.25) is 9.69 Å². The van der Waals surface area contributed by atoms with Gasteiger partial charge in [0.1, 0.15) is 0 Å². The van der Waals surface area contributed by atoms with Gasteiger partial charge in [-0.1, -0.05) is 13.8 Å². The average Bonchev–Trinajstić information content (AvgIpc) is 3.00. The Bertz CT molecular complexity index is 628. The summed E-state index contributed by atoms with van der Waals surface area (Å²) < 4.78 is 26.2. The van der Waals surface area contributed by atoms with Gasteiger partial charge in [0.25, 0.3) is 5.91 Å². The predicted molar refractivity (Wildman–Crippen MR) is 89.9 cm³/mol. The second kappa shape index (κ2) is 7.90. The van der Waals surface area contributed by atoms with E-state index in [9.17, 15) is 13.2 Å². The molecule has 0 aliphatic carbocycles. The van der Waals surface area contributed by atoms with Crippen molar-refractivity contribution < 1.29 is 13.2 Å². The molecule has 128 valence electrons. The number of likely N-dealkylation sites (N-methyl/N-ethyl adjacent to an activating group) is 1. The van der Waals surface area contributed by atoms with Crippen LogP contribution in [0.4, 0.5) is 0 Å². The van der Waals surface area contributed by atoms with Crippen molar-refractivity contribution in [1.82, 2.24) is 14.9 Å². The molecule has 0 saturated carbocycles. The molecule has 6 nitrogen and oxygen atoms in total. The molecular weight excluding hydrogens is 314 g/mol. The zero-order valence-corrected chi connectivity index (χ0v) is 14.5. The van der Waals surface area contributed by atoms with E-state index < -0.39 is 10.0 Å². The van der Waals surface area contributed by atoms with Gasteiger partial charge < -0.3 is 5.32 Å². The van der Waals surface area contributed by atoms with Crippen molar-refractivity contribution in [3.8, 4) is 0 Å². The number of carbonyl (C=O) groups excluding carboxylic acids is 1. The van der Waals surface area contributed by atoms with Crippen LogP contribution in [0.25, 0.3) is 0 Å². The molecule has 0 bridgehead atoms. The number of nitrogens with zero attached hydrogens (tertiary/aromatic N) is 1. The van der Waals surface area contributed by atoms with Crippen molar-refractivity contribution in [1.29, 1.82) is 0 Å². The van der Waals surface area contributed by atoms with Crippen molar-refractivity contribution in [2.75, 3.05) is 26.2 Å². The van der Waals surface area contributed by atoms with Gasteiger partial charge in [-0.15, -0.1) is 0 Å². The Morgan fingerprint density at radius 2 is 1.96 bits per heavy atom. The van der Waals surface area contributed by atoms with Crippen molar-refractivity contribution in [3.05, 3.63) is 29.8 Å². The molecule has 1 atom stereocenters. The molecule has 1 heterocycles. The highest BCUT2D eigenvalue weighted by atomic mass is 32.2. The van der Waals surface area contributed by atoms with Gasteiger partial charge in [-0.05, 0) is 50.2 Å². The first kappa shape index (κ1) is 17.9. The number of hydrogen-bond acceptors (Lipinski definition) is 4. The van der Waals surface area contributed by atoms with E-state index in [4.69, 9.17) is 0 Å². The third-order valence-electron chi connectivity index (χ3n) is 4.16. The fourth-order valence-corrected chi connectivity index (χ4v) is 3.96. The molecular formula is C16H25N3O3S. The van der Waals surface area contributed by atoms with E-state index in [-0.39, 0.29) is 10.8 Å². The maximum Gasteiger partial charge on any atom is 0.251 e. The fourth-order valence-electron chi connectivity index (χ4n) is 2.91. The summed E-state index contributed by atoms with van der Waals surface area (Å²) in [5.74, 6) is -0.166. The number of benzene rings is 1. The van der Waals surface area contributed by atoms with Crippen LogP contribution < -0.4 is 10.0 Å². The standard InChI is InChI=1S/C16H25N3O3S/c1-3-18-23(21,22)15-9-7-13(8-10-15)16(20)17-12-14-6-5-11-19(14)4-2/h7-10,14,18H,3-6,11-12H2,1-2H3,(H,17,20). The number of rotatable bonds is 7. The van der Waals surface area contributed by atoms with Crippen molar-refractivity contribution in [3.63, 3.8) is 0 Å². The highest BCUT2D eigenvalue weighted by Crippen LogP contribution is 2.16. The van der Waals surface area contributed by atoms with Crippen molar-refractivity contribution >= 4 is 15.9 Å². The number of hydrogen-bond donors (Lipinski definition) is 2. The maximum absolute atomic E-state index is 12.2. The Kier molecular flexibility index (Phi) is 6.15. The average molecular weight is 339 g/mol. The van der Waals surface area contributed by atoms with Crippen LogP contribution in [0.2, 0.25) is 0 Å². The molecule has 7 heteroatoms. The van der Waals surface area contributed by atoms with E-state index in [1.54, 1.807) is 19.1 Å². The van der Waals surface area contributed by atoms with Crippen LogP contribution in [0.15, 0.2) is 29.2 Å². The number of sulfonamides is 1. The van der Waals surface area contributed by atoms with Gasteiger partial charge in [0.05, 0.1) is 4.90 Å². The highest BCUT2D eigenvalue weighted by Gasteiger charge is 2.23. The molecule has 2 rings (SSSR count). The first-order chi connectivity index (χ1) is 11.0. The zero-order chi connectivity index (χ0) is 16.9. The minimum atomic E-state index is -3.48. The Morgan fingerprint density at radius 3 is 2.57 bits per heavy atom. The molecule has 1 amide bonds. The van der Waals surface area contributed by atoms with Gasteiger partial charge in [-0.25, -0.2) is 13.1 Å². The van der Waals surface area contributed by atoms with Gasteiger partial charge in [0.2, 0.25) is 10.0 Å². The largest absolute Gasteiger partial charge is 0.350 e. The molecule has 1 aromatic rings. The summed E-state index contributed by atoms with van der Waals surface area (Å²) in [6, 6.07) is 6.41. The molecule has 1 unspecified atom stereocenters. The van der Waals surface area contributed by atoms with E-state index >= 15 is 0 Å². The topological polar surface area (TPSA) is 78.5 Å². The number of likely N-dealkylation sites (tertiary alicyclic amines) is 1. The smallest absolute Gasteiger partial charge is 0.251 e. The van der Waals surface area contributed by atoms with Gasteiger partial charge >= 0.3 is 0 Å². The molecule has 1 aliphatic rings. The predicted octanol–water partition coefficient (Wildman–Crippen LogP) is 1.20. The second-order valence-corrected chi connectivity index (χ2v) is 7.43. The minimum Gasteiger partial charge on any atom is -0.350 e. The van der Waals surface area contributed by atoms with Gasteiger partial charge in [-0.2, -0.15) is 0 Å². The Labute approximate surface area is 138 Å². The molecule has 23 heavy (non-hydrogen) atoms. The van der Waals surface area contributed by atoms with Gasteiger partial charge in [0, 0.05) is 24.7 Å². The minimum absolute atomic E-state index is 0.166. The summed E-state index contributed by atoms with van der Waals surface area (Å²) in [7, 11) is -3.48. The molecule has 0 aromatic heterocycles. The van der Waals surface area contributed by atoms with Crippen LogP contribution in [-0.2, 0) is 10.0 Å². The SMILES string of the molecule is CCNS(=O)(=O)c1ccc(C(=O)NCC2CCCN2CC)cc1. The summed E-state index contributed by atoms with van der Waals surface area (Å²) in [6.07, 6.45) is 2.28. The van der Waals surface area contributed by atoms with Gasteiger partial charge in [0.15, 0.2) is 0 Å². The summed E-state index contributed by atoms with van der Waals surface area (Å²) in [4.78, 5) is 14.7. The molecule has 0 radical (unpaired) electrons. The quantitative estimate of drug-likeness (QED) is 0.782. The molecule has 2 N–H and O–H groups in total. The lowest BCUT2D eigenvalue weighted by atomic mass is 10.2. The van der Waals surface area contributed by atoms with E-state index in [1.807, 2.05) is 0 Å². The van der Waals surface area contributed by atoms with Crippen LogP contribution in [0, 0.1) is 0 Å². The number of nitrogens with one attached hydrogen (secondary N) is 2. The van der Waals surface area contributed by atoms with Crippen LogP contribution in [-0.4, -0.2) is 51.4 Å². The summed E-state index contributed by atoms with van der Waals surface area (Å²) in [5, 5.41) is 2.94. The third-order valence-corrected chi connectivity index (χ3v) is 5.73. The maximum atomic E-state index is 12.2. The van der Waals surface area contributed by atoms with Crippen LogP contribution in [0.3, 0.4) is 0 Å². The third kappa shape index (κ3) is 4.53. The van der Waals surface area contributed by atoms with Crippen LogP contribution in [0.1, 0.15) is 37.0 Å². The summed E-state index contributed by atoms with van der Waals surface area (Å²) in [6.45, 7) is 6.90. The molecule has 1 aliphatic heterocycles. The number of amides is 1. The first-order valence-electron chi connectivity index (χ1n) is 8.10. The second-order valence-electron chi connectivity index (χ2n) is 5.66. The Morgan fingerprint density at radius 1 is 1.26 bits per heavy atom.